The van der Waals surface area contributed by atoms with Crippen LogP contribution in [-0.2, 0) is 28.8 Å². The predicted octanol–water partition coefficient (Wildman–Crippen LogP) is 7.80. The molecule has 3 saturated carbocycles. The Kier molecular flexibility index (Phi) is 15.4. The number of hydrogen-bond donors (Lipinski definition) is 0. The highest BCUT2D eigenvalue weighted by atomic mass is 19.1. The van der Waals surface area contributed by atoms with Crippen molar-refractivity contribution in [2.24, 2.45) is 29.6 Å². The standard InChI is InChI=1S/C33H52F2O6/c1-3-19-39-40-21-8-6-10-25-12-18-31(30(35)23-25)41-33(37)27-15-13-26(14-16-27)28-17-11-24(22-29(28)34)9-5-7-20-38-32(36)4-2/h3-4,24-31H,1-2,5-23H2. The Morgan fingerprint density at radius 1 is 0.756 bits per heavy atom. The molecule has 6 atom stereocenters. The number of carbonyl (C=O) groups excluding carboxylic acids is 2. The quantitative estimate of drug-likeness (QED) is 0.0435. The summed E-state index contributed by atoms with van der Waals surface area (Å²) in [5.74, 6) is 0.254. The van der Waals surface area contributed by atoms with Crippen LogP contribution in [0.3, 0.4) is 0 Å². The van der Waals surface area contributed by atoms with Gasteiger partial charge < -0.3 is 9.47 Å². The SMILES string of the molecule is C=CCOOCCCCC1CCC(OC(=O)C2CCC(C3CCC(CCCCOC(=O)C=C)CC3F)CC2)C(F)C1. The van der Waals surface area contributed by atoms with Crippen molar-refractivity contribution >= 4 is 11.9 Å². The molecule has 0 aromatic rings. The molecule has 234 valence electrons. The highest BCUT2D eigenvalue weighted by Crippen LogP contribution is 2.44. The minimum absolute atomic E-state index is 0.0773. The van der Waals surface area contributed by atoms with Gasteiger partial charge in [0.25, 0.3) is 0 Å². The van der Waals surface area contributed by atoms with Crippen LogP contribution in [-0.4, -0.2) is 50.2 Å². The van der Waals surface area contributed by atoms with Crippen LogP contribution >= 0.6 is 0 Å². The Bertz CT molecular complexity index is 799. The molecular formula is C33H52F2O6. The lowest BCUT2D eigenvalue weighted by molar-refractivity contribution is -0.286. The lowest BCUT2D eigenvalue weighted by atomic mass is 9.68. The van der Waals surface area contributed by atoms with E-state index in [1.54, 1.807) is 6.08 Å². The molecule has 0 amide bonds. The molecule has 0 heterocycles. The van der Waals surface area contributed by atoms with Crippen LogP contribution < -0.4 is 0 Å². The van der Waals surface area contributed by atoms with E-state index in [0.29, 0.717) is 69.7 Å². The van der Waals surface area contributed by atoms with Gasteiger partial charge in [0.05, 0.1) is 19.1 Å². The van der Waals surface area contributed by atoms with Gasteiger partial charge in [-0.1, -0.05) is 31.9 Å². The zero-order valence-electron chi connectivity index (χ0n) is 24.8. The van der Waals surface area contributed by atoms with Crippen molar-refractivity contribution in [1.82, 2.24) is 0 Å². The van der Waals surface area contributed by atoms with Crippen molar-refractivity contribution in [3.05, 3.63) is 25.3 Å². The van der Waals surface area contributed by atoms with E-state index in [2.05, 4.69) is 13.2 Å². The van der Waals surface area contributed by atoms with Crippen LogP contribution in [0.5, 0.6) is 0 Å². The Morgan fingerprint density at radius 2 is 1.41 bits per heavy atom. The molecule has 0 spiro atoms. The molecule has 0 saturated heterocycles. The predicted molar refractivity (Wildman–Crippen MR) is 154 cm³/mol. The van der Waals surface area contributed by atoms with Crippen molar-refractivity contribution in [3.63, 3.8) is 0 Å². The molecule has 0 radical (unpaired) electrons. The Balaban J connectivity index is 1.27. The lowest BCUT2D eigenvalue weighted by Gasteiger charge is -2.40. The summed E-state index contributed by atoms with van der Waals surface area (Å²) in [5.41, 5.74) is 0. The number of hydrogen-bond acceptors (Lipinski definition) is 6. The van der Waals surface area contributed by atoms with Gasteiger partial charge in [0, 0.05) is 6.08 Å². The van der Waals surface area contributed by atoms with Gasteiger partial charge in [0.15, 0.2) is 0 Å². The summed E-state index contributed by atoms with van der Waals surface area (Å²) < 4.78 is 40.8. The van der Waals surface area contributed by atoms with E-state index in [1.165, 1.54) is 6.08 Å². The Labute approximate surface area is 245 Å². The van der Waals surface area contributed by atoms with Crippen molar-refractivity contribution < 1.29 is 37.6 Å². The topological polar surface area (TPSA) is 71.1 Å². The number of unbranched alkanes of at least 4 members (excludes halogenated alkanes) is 2. The molecule has 3 rings (SSSR count). The van der Waals surface area contributed by atoms with Gasteiger partial charge >= 0.3 is 11.9 Å². The monoisotopic (exact) mass is 582 g/mol. The van der Waals surface area contributed by atoms with Crippen LogP contribution in [0.1, 0.15) is 103 Å². The molecule has 3 aliphatic rings. The van der Waals surface area contributed by atoms with Crippen LogP contribution in [0.2, 0.25) is 0 Å². The zero-order valence-corrected chi connectivity index (χ0v) is 24.8. The van der Waals surface area contributed by atoms with Gasteiger partial charge in [-0.25, -0.2) is 23.4 Å². The molecule has 41 heavy (non-hydrogen) atoms. The van der Waals surface area contributed by atoms with Gasteiger partial charge in [0.2, 0.25) is 0 Å². The average Bonchev–Trinajstić information content (AvgIpc) is 2.98. The summed E-state index contributed by atoms with van der Waals surface area (Å²) in [6.07, 6.45) is 13.3. The normalized spacial score (nSPS) is 32.1. The average molecular weight is 583 g/mol. The maximum absolute atomic E-state index is 15.2. The minimum atomic E-state index is -1.11. The second kappa shape index (κ2) is 18.7. The summed E-state index contributed by atoms with van der Waals surface area (Å²) in [5, 5.41) is 0. The number of esters is 2. The number of carbonyl (C=O) groups is 2. The van der Waals surface area contributed by atoms with E-state index in [-0.39, 0.29) is 17.8 Å². The van der Waals surface area contributed by atoms with E-state index in [0.717, 1.165) is 70.6 Å². The summed E-state index contributed by atoms with van der Waals surface area (Å²) in [4.78, 5) is 33.9. The molecule has 8 heteroatoms. The molecule has 0 aromatic heterocycles. The summed E-state index contributed by atoms with van der Waals surface area (Å²) in [7, 11) is 0. The first kappa shape index (κ1) is 33.7. The molecule has 0 bridgehead atoms. The zero-order chi connectivity index (χ0) is 29.5. The van der Waals surface area contributed by atoms with E-state index in [9.17, 15) is 14.0 Å². The van der Waals surface area contributed by atoms with E-state index in [4.69, 9.17) is 19.2 Å². The molecule has 0 N–H and O–H groups in total. The second-order valence-corrected chi connectivity index (χ2v) is 12.4. The van der Waals surface area contributed by atoms with Crippen LogP contribution in [0.15, 0.2) is 25.3 Å². The van der Waals surface area contributed by atoms with Crippen molar-refractivity contribution in [2.45, 2.75) is 121 Å². The van der Waals surface area contributed by atoms with Crippen LogP contribution in [0, 0.1) is 29.6 Å². The van der Waals surface area contributed by atoms with Crippen LogP contribution in [0.25, 0.3) is 0 Å². The third kappa shape index (κ3) is 11.8. The van der Waals surface area contributed by atoms with Gasteiger partial charge in [-0.3, -0.25) is 4.79 Å². The molecule has 6 unspecified atom stereocenters. The molecule has 0 aliphatic heterocycles. The first-order chi connectivity index (χ1) is 19.9. The van der Waals surface area contributed by atoms with Gasteiger partial charge in [-0.05, 0) is 107 Å². The maximum Gasteiger partial charge on any atom is 0.330 e. The summed E-state index contributed by atoms with van der Waals surface area (Å²) in [6.45, 7) is 8.23. The van der Waals surface area contributed by atoms with Gasteiger partial charge in [0.1, 0.15) is 25.1 Å². The smallest absolute Gasteiger partial charge is 0.330 e. The second-order valence-electron chi connectivity index (χ2n) is 12.4. The van der Waals surface area contributed by atoms with Gasteiger partial charge in [-0.15, -0.1) is 6.58 Å². The number of rotatable bonds is 17. The molecule has 3 aliphatic carbocycles. The largest absolute Gasteiger partial charge is 0.463 e. The van der Waals surface area contributed by atoms with Crippen molar-refractivity contribution in [2.75, 3.05) is 19.8 Å². The highest BCUT2D eigenvalue weighted by molar-refractivity contribution is 5.81. The fourth-order valence-electron chi connectivity index (χ4n) is 7.12. The minimum Gasteiger partial charge on any atom is -0.463 e. The highest BCUT2D eigenvalue weighted by Gasteiger charge is 2.40. The van der Waals surface area contributed by atoms with Crippen LogP contribution in [0.4, 0.5) is 8.78 Å². The fraction of sp³-hybridized carbons (Fsp3) is 0.818. The Morgan fingerprint density at radius 3 is 2.05 bits per heavy atom. The number of ether oxygens (including phenoxy) is 2. The summed E-state index contributed by atoms with van der Waals surface area (Å²) >= 11 is 0. The van der Waals surface area contributed by atoms with E-state index in [1.807, 2.05) is 0 Å². The first-order valence-electron chi connectivity index (χ1n) is 16.0. The molecule has 0 aromatic carbocycles. The third-order valence-electron chi connectivity index (χ3n) is 9.51. The maximum atomic E-state index is 15.2. The third-order valence-corrected chi connectivity index (χ3v) is 9.51. The molecule has 6 nitrogen and oxygen atoms in total. The molecule has 3 fully saturated rings. The number of alkyl halides is 2. The lowest BCUT2D eigenvalue weighted by Crippen LogP contribution is -2.38. The van der Waals surface area contributed by atoms with E-state index >= 15 is 4.39 Å². The molecular weight excluding hydrogens is 530 g/mol. The van der Waals surface area contributed by atoms with E-state index < -0.39 is 24.4 Å². The Hall–Kier alpha value is -1.80. The fourth-order valence-corrected chi connectivity index (χ4v) is 7.12. The number of halogens is 2. The first-order valence-corrected chi connectivity index (χ1v) is 16.0. The van der Waals surface area contributed by atoms with Crippen molar-refractivity contribution in [1.29, 1.82) is 0 Å². The van der Waals surface area contributed by atoms with Crippen molar-refractivity contribution in [3.8, 4) is 0 Å². The van der Waals surface area contributed by atoms with Gasteiger partial charge in [-0.2, -0.15) is 0 Å². The summed E-state index contributed by atoms with van der Waals surface area (Å²) in [6, 6.07) is 0.